The first-order chi connectivity index (χ1) is 18.4. The van der Waals surface area contributed by atoms with E-state index in [2.05, 4.69) is 26.2 Å². The number of sulfonamides is 1. The molecule has 38 heavy (non-hydrogen) atoms. The van der Waals surface area contributed by atoms with E-state index in [1.165, 1.54) is 5.56 Å². The summed E-state index contributed by atoms with van der Waals surface area (Å²) < 4.78 is 31.3. The Morgan fingerprint density at radius 1 is 0.974 bits per heavy atom. The van der Waals surface area contributed by atoms with Gasteiger partial charge in [0.2, 0.25) is 10.0 Å². The normalized spacial score (nSPS) is 18.3. The summed E-state index contributed by atoms with van der Waals surface area (Å²) in [4.78, 5) is 22.7. The van der Waals surface area contributed by atoms with Crippen molar-refractivity contribution < 1.29 is 13.2 Å². The number of carbonyl (C=O) groups excluding carboxylic acids is 1. The summed E-state index contributed by atoms with van der Waals surface area (Å²) in [6.07, 6.45) is 4.76. The van der Waals surface area contributed by atoms with E-state index in [1.54, 1.807) is 16.6 Å². The molecule has 5 heterocycles. The number of hydrogen-bond acceptors (Lipinski definition) is 6. The second-order valence-corrected chi connectivity index (χ2v) is 12.4. The van der Waals surface area contributed by atoms with Crippen LogP contribution < -0.4 is 10.2 Å². The summed E-state index contributed by atoms with van der Waals surface area (Å²) in [5.74, 6) is 0.648. The van der Waals surface area contributed by atoms with E-state index < -0.39 is 10.0 Å². The highest BCUT2D eigenvalue weighted by Gasteiger charge is 2.35. The molecule has 1 N–H and O–H groups in total. The molecular formula is C28H34N6O3S. The highest BCUT2D eigenvalue weighted by atomic mass is 32.2. The molecule has 3 aliphatic rings. The molecule has 0 saturated carbocycles. The van der Waals surface area contributed by atoms with Crippen LogP contribution in [0.4, 0.5) is 5.82 Å². The predicted octanol–water partition coefficient (Wildman–Crippen LogP) is 2.61. The van der Waals surface area contributed by atoms with E-state index in [1.807, 2.05) is 41.9 Å². The topological polar surface area (TPSA) is 90.8 Å². The summed E-state index contributed by atoms with van der Waals surface area (Å²) >= 11 is 0. The lowest BCUT2D eigenvalue weighted by atomic mass is 10.0. The zero-order valence-corrected chi connectivity index (χ0v) is 22.6. The van der Waals surface area contributed by atoms with Crippen LogP contribution in [0.25, 0.3) is 0 Å². The Kier molecular flexibility index (Phi) is 6.71. The zero-order chi connectivity index (χ0) is 26.3. The Morgan fingerprint density at radius 3 is 2.58 bits per heavy atom. The molecule has 1 fully saturated rings. The van der Waals surface area contributed by atoms with Gasteiger partial charge >= 0.3 is 0 Å². The summed E-state index contributed by atoms with van der Waals surface area (Å²) in [6, 6.07) is 13.5. The molecule has 2 aromatic heterocycles. The van der Waals surface area contributed by atoms with Gasteiger partial charge in [-0.3, -0.25) is 9.69 Å². The van der Waals surface area contributed by atoms with Crippen molar-refractivity contribution in [3.63, 3.8) is 0 Å². The molecule has 3 aromatic rings. The Labute approximate surface area is 224 Å². The zero-order valence-electron chi connectivity index (χ0n) is 21.8. The van der Waals surface area contributed by atoms with Crippen molar-refractivity contribution in [2.24, 2.45) is 0 Å². The minimum absolute atomic E-state index is 0.243. The van der Waals surface area contributed by atoms with E-state index in [0.29, 0.717) is 50.5 Å². The van der Waals surface area contributed by atoms with Crippen LogP contribution in [0.15, 0.2) is 53.6 Å². The van der Waals surface area contributed by atoms with Crippen molar-refractivity contribution >= 4 is 21.7 Å². The molecule has 6 rings (SSSR count). The lowest BCUT2D eigenvalue weighted by Gasteiger charge is -2.30. The van der Waals surface area contributed by atoms with Gasteiger partial charge in [-0.05, 0) is 49.6 Å². The van der Waals surface area contributed by atoms with Gasteiger partial charge in [0, 0.05) is 64.1 Å². The van der Waals surface area contributed by atoms with Gasteiger partial charge in [0.1, 0.15) is 16.4 Å². The van der Waals surface area contributed by atoms with Gasteiger partial charge in [0.05, 0.1) is 5.69 Å². The van der Waals surface area contributed by atoms with Gasteiger partial charge in [0.15, 0.2) is 0 Å². The molecule has 10 heteroatoms. The number of nitrogens with one attached hydrogen (secondary N) is 1. The van der Waals surface area contributed by atoms with E-state index in [0.717, 1.165) is 49.4 Å². The average molecular weight is 535 g/mol. The van der Waals surface area contributed by atoms with Crippen LogP contribution in [-0.4, -0.2) is 66.3 Å². The number of anilines is 1. The van der Waals surface area contributed by atoms with Gasteiger partial charge in [0.25, 0.3) is 5.91 Å². The summed E-state index contributed by atoms with van der Waals surface area (Å²) in [5, 5.41) is 3.05. The molecule has 0 bridgehead atoms. The lowest BCUT2D eigenvalue weighted by molar-refractivity contribution is 0.0938. The minimum atomic E-state index is -3.78. The second kappa shape index (κ2) is 10.2. The van der Waals surface area contributed by atoms with Crippen LogP contribution in [0.5, 0.6) is 0 Å². The fraction of sp³-hybridized carbons (Fsp3) is 0.429. The van der Waals surface area contributed by atoms with Crippen LogP contribution in [0.1, 0.15) is 45.7 Å². The third kappa shape index (κ3) is 4.61. The van der Waals surface area contributed by atoms with Crippen molar-refractivity contribution in [1.82, 2.24) is 24.1 Å². The lowest BCUT2D eigenvalue weighted by Crippen LogP contribution is -2.37. The average Bonchev–Trinajstić information content (AvgIpc) is 3.60. The maximum Gasteiger partial charge on any atom is 0.268 e. The molecule has 1 saturated heterocycles. The maximum atomic E-state index is 13.9. The minimum Gasteiger partial charge on any atom is -0.356 e. The molecule has 0 atom stereocenters. The highest BCUT2D eigenvalue weighted by Crippen LogP contribution is 2.31. The quantitative estimate of drug-likeness (QED) is 0.523. The van der Waals surface area contributed by atoms with Crippen LogP contribution in [0, 0.1) is 0 Å². The highest BCUT2D eigenvalue weighted by molar-refractivity contribution is 7.89. The molecule has 0 aliphatic carbocycles. The first-order valence-corrected chi connectivity index (χ1v) is 14.8. The smallest absolute Gasteiger partial charge is 0.268 e. The van der Waals surface area contributed by atoms with E-state index in [-0.39, 0.29) is 10.8 Å². The number of benzene rings is 1. The molecule has 0 radical (unpaired) electrons. The first-order valence-electron chi connectivity index (χ1n) is 13.4. The number of carbonyl (C=O) groups is 1. The second-order valence-electron chi connectivity index (χ2n) is 10.5. The van der Waals surface area contributed by atoms with Crippen molar-refractivity contribution in [3.8, 4) is 0 Å². The Hall–Kier alpha value is -3.21. The monoisotopic (exact) mass is 534 g/mol. The van der Waals surface area contributed by atoms with Gasteiger partial charge in [-0.2, -0.15) is 4.31 Å². The Morgan fingerprint density at radius 2 is 1.76 bits per heavy atom. The van der Waals surface area contributed by atoms with Crippen molar-refractivity contribution in [3.05, 3.63) is 76.7 Å². The van der Waals surface area contributed by atoms with Gasteiger partial charge in [-0.25, -0.2) is 13.4 Å². The number of fused-ring (bicyclic) bond motifs is 2. The van der Waals surface area contributed by atoms with Crippen LogP contribution in [0.2, 0.25) is 0 Å². The molecule has 0 unspecified atom stereocenters. The number of likely N-dealkylation sites (N-methyl/N-ethyl adjacent to an activating group) is 1. The van der Waals surface area contributed by atoms with Gasteiger partial charge in [-0.1, -0.05) is 30.3 Å². The summed E-state index contributed by atoms with van der Waals surface area (Å²) in [7, 11) is -1.80. The van der Waals surface area contributed by atoms with Crippen molar-refractivity contribution in [1.29, 1.82) is 0 Å². The SMILES string of the molecule is CN1CCn2c(C(=O)NCc3cccnc3N3CCCC3)cc(S(=O)(=O)N3CCc4ccccc4C3)c2C1. The third-order valence-electron chi connectivity index (χ3n) is 7.95. The summed E-state index contributed by atoms with van der Waals surface area (Å²) in [5.41, 5.74) is 4.28. The predicted molar refractivity (Wildman–Crippen MR) is 145 cm³/mol. The largest absolute Gasteiger partial charge is 0.356 e. The molecule has 1 amide bonds. The van der Waals surface area contributed by atoms with Crippen molar-refractivity contribution in [2.75, 3.05) is 38.1 Å². The number of nitrogens with zero attached hydrogens (tertiary/aromatic N) is 5. The molecule has 1 aromatic carbocycles. The third-order valence-corrected chi connectivity index (χ3v) is 9.85. The number of hydrogen-bond donors (Lipinski definition) is 1. The standard InChI is InChI=1S/C28H34N6O3S/c1-31-15-16-34-24(28(35)30-18-22-9-6-11-29-27(22)32-12-4-5-13-32)17-26(25(34)20-31)38(36,37)33-14-10-21-7-2-3-8-23(21)19-33/h2-3,6-9,11,17H,4-5,10,12-16,18-20H2,1H3,(H,30,35). The number of pyridine rings is 1. The van der Waals surface area contributed by atoms with Gasteiger partial charge < -0.3 is 14.8 Å². The van der Waals surface area contributed by atoms with E-state index >= 15 is 0 Å². The molecule has 9 nitrogen and oxygen atoms in total. The molecule has 3 aliphatic heterocycles. The van der Waals surface area contributed by atoms with Crippen LogP contribution in [0.3, 0.4) is 0 Å². The van der Waals surface area contributed by atoms with E-state index in [4.69, 9.17) is 0 Å². The molecule has 200 valence electrons. The summed E-state index contributed by atoms with van der Waals surface area (Å²) in [6.45, 7) is 4.86. The van der Waals surface area contributed by atoms with Crippen LogP contribution in [-0.2, 0) is 42.6 Å². The number of rotatable bonds is 6. The van der Waals surface area contributed by atoms with Crippen LogP contribution >= 0.6 is 0 Å². The van der Waals surface area contributed by atoms with Gasteiger partial charge in [-0.15, -0.1) is 0 Å². The molecule has 0 spiro atoms. The fourth-order valence-electron chi connectivity index (χ4n) is 5.86. The Balaban J connectivity index is 1.28. The van der Waals surface area contributed by atoms with E-state index in [9.17, 15) is 13.2 Å². The maximum absolute atomic E-state index is 13.9. The number of amides is 1. The fourth-order valence-corrected chi connectivity index (χ4v) is 7.51. The Bertz CT molecular complexity index is 1460. The molecular weight excluding hydrogens is 500 g/mol. The first kappa shape index (κ1) is 25.1. The number of aromatic nitrogens is 2. The van der Waals surface area contributed by atoms with Crippen molar-refractivity contribution in [2.45, 2.75) is 50.3 Å².